The lowest BCUT2D eigenvalue weighted by Gasteiger charge is -2.26. The number of ether oxygens (including phenoxy) is 2. The number of esters is 2. The molecule has 0 bridgehead atoms. The van der Waals surface area contributed by atoms with Crippen molar-refractivity contribution in [2.75, 3.05) is 0 Å². The minimum Gasteiger partial charge on any atom is -0.426 e. The quantitative estimate of drug-likeness (QED) is 0.538. The molecule has 28 heavy (non-hydrogen) atoms. The molecule has 2 aromatic rings. The Morgan fingerprint density at radius 1 is 0.679 bits per heavy atom. The molecule has 1 aliphatic carbocycles. The second-order valence-corrected chi connectivity index (χ2v) is 7.93. The highest BCUT2D eigenvalue weighted by atomic mass is 16.5. The summed E-state index contributed by atoms with van der Waals surface area (Å²) in [6, 6.07) is 11.6. The van der Waals surface area contributed by atoms with Gasteiger partial charge in [-0.05, 0) is 76.6 Å². The van der Waals surface area contributed by atoms with Gasteiger partial charge in [-0.1, -0.05) is 35.4 Å². The molecule has 0 heterocycles. The van der Waals surface area contributed by atoms with Crippen LogP contribution in [-0.2, 0) is 9.59 Å². The highest BCUT2D eigenvalue weighted by Crippen LogP contribution is 2.32. The van der Waals surface area contributed by atoms with Crippen LogP contribution in [0.25, 0.3) is 0 Å². The van der Waals surface area contributed by atoms with Crippen LogP contribution < -0.4 is 9.47 Å². The zero-order chi connectivity index (χ0) is 20.3. The summed E-state index contributed by atoms with van der Waals surface area (Å²) < 4.78 is 11.2. The van der Waals surface area contributed by atoms with E-state index in [1.165, 1.54) is 0 Å². The fraction of sp³-hybridized carbons (Fsp3) is 0.417. The molecule has 3 rings (SSSR count). The number of rotatable bonds is 4. The average Bonchev–Trinajstić information content (AvgIpc) is 2.66. The standard InChI is InChI=1S/C24H28O4/c1-15-5-11-21(17(3)13-15)27-23(25)19-7-9-20(10-8-19)24(26)28-22-12-6-16(2)14-18(22)4/h5-6,11-14,19-20H,7-10H2,1-4H3. The van der Waals surface area contributed by atoms with Gasteiger partial charge in [0.2, 0.25) is 0 Å². The summed E-state index contributed by atoms with van der Waals surface area (Å²) in [4.78, 5) is 25.0. The molecule has 0 N–H and O–H groups in total. The van der Waals surface area contributed by atoms with Gasteiger partial charge in [-0.25, -0.2) is 0 Å². The zero-order valence-electron chi connectivity index (χ0n) is 17.1. The van der Waals surface area contributed by atoms with E-state index in [1.54, 1.807) is 0 Å². The summed E-state index contributed by atoms with van der Waals surface area (Å²) in [6.07, 6.45) is 2.60. The lowest BCUT2D eigenvalue weighted by molar-refractivity contribution is -0.145. The Bertz CT molecular complexity index is 803. The minimum atomic E-state index is -0.201. The third kappa shape index (κ3) is 4.80. The van der Waals surface area contributed by atoms with Crippen molar-refractivity contribution in [1.29, 1.82) is 0 Å². The van der Waals surface area contributed by atoms with E-state index in [1.807, 2.05) is 64.1 Å². The van der Waals surface area contributed by atoms with Gasteiger partial charge in [0.25, 0.3) is 0 Å². The third-order valence-corrected chi connectivity index (χ3v) is 5.48. The molecular formula is C24H28O4. The number of hydrogen-bond donors (Lipinski definition) is 0. The summed E-state index contributed by atoms with van der Waals surface area (Å²) in [6.45, 7) is 7.90. The molecule has 0 radical (unpaired) electrons. The Morgan fingerprint density at radius 3 is 1.36 bits per heavy atom. The van der Waals surface area contributed by atoms with Gasteiger partial charge in [-0.15, -0.1) is 0 Å². The first-order chi connectivity index (χ1) is 13.3. The van der Waals surface area contributed by atoms with E-state index in [2.05, 4.69) is 0 Å². The minimum absolute atomic E-state index is 0.161. The first-order valence-electron chi connectivity index (χ1n) is 9.91. The molecule has 0 spiro atoms. The molecule has 1 fully saturated rings. The van der Waals surface area contributed by atoms with Crippen LogP contribution in [0.4, 0.5) is 0 Å². The maximum Gasteiger partial charge on any atom is 0.314 e. The van der Waals surface area contributed by atoms with Crippen molar-refractivity contribution in [3.63, 3.8) is 0 Å². The van der Waals surface area contributed by atoms with Gasteiger partial charge in [0.05, 0.1) is 11.8 Å². The predicted molar refractivity (Wildman–Crippen MR) is 109 cm³/mol. The Kier molecular flexibility index (Phi) is 6.18. The first-order valence-corrected chi connectivity index (χ1v) is 9.91. The van der Waals surface area contributed by atoms with Gasteiger partial charge < -0.3 is 9.47 Å². The summed E-state index contributed by atoms with van der Waals surface area (Å²) in [5.74, 6) is 0.511. The first kappa shape index (κ1) is 20.1. The largest absolute Gasteiger partial charge is 0.426 e. The fourth-order valence-corrected chi connectivity index (χ4v) is 3.78. The summed E-state index contributed by atoms with van der Waals surface area (Å²) in [7, 11) is 0. The van der Waals surface area contributed by atoms with Crippen molar-refractivity contribution in [2.45, 2.75) is 53.4 Å². The van der Waals surface area contributed by atoms with Crippen molar-refractivity contribution in [1.82, 2.24) is 0 Å². The lowest BCUT2D eigenvalue weighted by Crippen LogP contribution is -2.30. The summed E-state index contributed by atoms with van der Waals surface area (Å²) in [5, 5.41) is 0. The number of hydrogen-bond acceptors (Lipinski definition) is 4. The van der Waals surface area contributed by atoms with E-state index in [4.69, 9.17) is 9.47 Å². The molecule has 0 unspecified atom stereocenters. The molecule has 0 atom stereocenters. The Hall–Kier alpha value is -2.62. The molecule has 4 heteroatoms. The van der Waals surface area contributed by atoms with Gasteiger partial charge >= 0.3 is 11.9 Å². The van der Waals surface area contributed by atoms with Crippen molar-refractivity contribution < 1.29 is 19.1 Å². The topological polar surface area (TPSA) is 52.6 Å². The van der Waals surface area contributed by atoms with Gasteiger partial charge in [-0.2, -0.15) is 0 Å². The van der Waals surface area contributed by atoms with E-state index >= 15 is 0 Å². The van der Waals surface area contributed by atoms with Crippen LogP contribution in [0.1, 0.15) is 47.9 Å². The van der Waals surface area contributed by atoms with Crippen LogP contribution in [0, 0.1) is 39.5 Å². The Morgan fingerprint density at radius 2 is 1.04 bits per heavy atom. The zero-order valence-corrected chi connectivity index (χ0v) is 17.1. The van der Waals surface area contributed by atoms with Crippen LogP contribution in [0.15, 0.2) is 36.4 Å². The van der Waals surface area contributed by atoms with E-state index in [9.17, 15) is 9.59 Å². The molecule has 1 saturated carbocycles. The second-order valence-electron chi connectivity index (χ2n) is 7.93. The molecule has 0 amide bonds. The highest BCUT2D eigenvalue weighted by Gasteiger charge is 2.32. The molecule has 148 valence electrons. The summed E-state index contributed by atoms with van der Waals surface area (Å²) in [5.41, 5.74) is 4.19. The van der Waals surface area contributed by atoms with Crippen LogP contribution >= 0.6 is 0 Å². The van der Waals surface area contributed by atoms with Crippen LogP contribution in [0.5, 0.6) is 11.5 Å². The van der Waals surface area contributed by atoms with Crippen LogP contribution in [0.2, 0.25) is 0 Å². The lowest BCUT2D eigenvalue weighted by atomic mass is 9.82. The van der Waals surface area contributed by atoms with Crippen molar-refractivity contribution in [2.24, 2.45) is 11.8 Å². The maximum atomic E-state index is 12.5. The van der Waals surface area contributed by atoms with Crippen molar-refractivity contribution >= 4 is 11.9 Å². The molecule has 2 aromatic carbocycles. The van der Waals surface area contributed by atoms with Crippen LogP contribution in [0.3, 0.4) is 0 Å². The van der Waals surface area contributed by atoms with Crippen molar-refractivity contribution in [3.05, 3.63) is 58.7 Å². The number of carbonyl (C=O) groups excluding carboxylic acids is 2. The number of carbonyl (C=O) groups is 2. The average molecular weight is 380 g/mol. The Balaban J connectivity index is 1.53. The molecular weight excluding hydrogens is 352 g/mol. The van der Waals surface area contributed by atoms with E-state index < -0.39 is 0 Å². The van der Waals surface area contributed by atoms with Gasteiger partial charge in [0, 0.05) is 0 Å². The third-order valence-electron chi connectivity index (χ3n) is 5.48. The van der Waals surface area contributed by atoms with Gasteiger partial charge in [0.1, 0.15) is 11.5 Å². The number of benzene rings is 2. The van der Waals surface area contributed by atoms with Crippen molar-refractivity contribution in [3.8, 4) is 11.5 Å². The number of aryl methyl sites for hydroxylation is 4. The maximum absolute atomic E-state index is 12.5. The molecule has 0 aliphatic heterocycles. The van der Waals surface area contributed by atoms with E-state index in [0.29, 0.717) is 37.2 Å². The van der Waals surface area contributed by atoms with E-state index in [0.717, 1.165) is 22.3 Å². The van der Waals surface area contributed by atoms with Crippen LogP contribution in [-0.4, -0.2) is 11.9 Å². The smallest absolute Gasteiger partial charge is 0.314 e. The molecule has 0 aromatic heterocycles. The molecule has 4 nitrogen and oxygen atoms in total. The normalized spacial score (nSPS) is 19.1. The van der Waals surface area contributed by atoms with E-state index in [-0.39, 0.29) is 23.8 Å². The van der Waals surface area contributed by atoms with Gasteiger partial charge in [0.15, 0.2) is 0 Å². The Labute approximate surface area is 166 Å². The predicted octanol–water partition coefficient (Wildman–Crippen LogP) is 5.24. The monoisotopic (exact) mass is 380 g/mol. The summed E-state index contributed by atoms with van der Waals surface area (Å²) >= 11 is 0. The van der Waals surface area contributed by atoms with Gasteiger partial charge in [-0.3, -0.25) is 9.59 Å². The molecule has 0 saturated heterocycles. The fourth-order valence-electron chi connectivity index (χ4n) is 3.78. The second kappa shape index (κ2) is 8.59. The molecule has 1 aliphatic rings. The highest BCUT2D eigenvalue weighted by molar-refractivity contribution is 5.78. The SMILES string of the molecule is Cc1ccc(OC(=O)C2CCC(C(=O)Oc3ccc(C)cc3C)CC2)c(C)c1.